The first-order chi connectivity index (χ1) is 13.8. The van der Waals surface area contributed by atoms with Crippen LogP contribution in [0.15, 0.2) is 53.4 Å². The fourth-order valence-corrected chi connectivity index (χ4v) is 4.50. The number of rotatable bonds is 10. The maximum absolute atomic E-state index is 12.9. The van der Waals surface area contributed by atoms with Crippen LogP contribution in [0.5, 0.6) is 5.75 Å². The maximum atomic E-state index is 12.9. The Morgan fingerprint density at radius 3 is 2.45 bits per heavy atom. The Morgan fingerprint density at radius 1 is 1.17 bits per heavy atom. The van der Waals surface area contributed by atoms with Gasteiger partial charge in [0.1, 0.15) is 11.8 Å². The predicted octanol–water partition coefficient (Wildman–Crippen LogP) is 3.54. The van der Waals surface area contributed by atoms with Gasteiger partial charge in [-0.05, 0) is 43.5 Å². The Bertz CT molecular complexity index is 920. The second-order valence-corrected chi connectivity index (χ2v) is 8.98. The number of hydrogen-bond acceptors (Lipinski definition) is 4. The first-order valence-corrected chi connectivity index (χ1v) is 11.3. The molecule has 0 saturated heterocycles. The van der Waals surface area contributed by atoms with Gasteiger partial charge in [-0.1, -0.05) is 55.3 Å². The first-order valence-electron chi connectivity index (χ1n) is 9.47. The third-order valence-corrected chi connectivity index (χ3v) is 6.21. The molecular weight excluding hydrogens is 412 g/mol. The van der Waals surface area contributed by atoms with E-state index in [0.29, 0.717) is 5.75 Å². The second-order valence-electron chi connectivity index (χ2n) is 6.86. The number of sulfonamides is 1. The summed E-state index contributed by atoms with van der Waals surface area (Å²) in [6.07, 6.45) is 1.96. The van der Waals surface area contributed by atoms with E-state index in [1.54, 1.807) is 0 Å². The van der Waals surface area contributed by atoms with Crippen molar-refractivity contribution in [3.63, 3.8) is 0 Å². The van der Waals surface area contributed by atoms with Gasteiger partial charge in [-0.15, -0.1) is 0 Å². The minimum atomic E-state index is -3.97. The van der Waals surface area contributed by atoms with Gasteiger partial charge < -0.3 is 10.1 Å². The molecule has 0 aliphatic rings. The SMILES string of the molecule is CCC[C@@H](C)NC(=O)[C@@H](Cc1ccccc1)NS(=O)(=O)c1ccc(OC)c(Cl)c1. The summed E-state index contributed by atoms with van der Waals surface area (Å²) in [6, 6.07) is 12.4. The van der Waals surface area contributed by atoms with Gasteiger partial charge in [0, 0.05) is 6.04 Å². The van der Waals surface area contributed by atoms with Gasteiger partial charge in [-0.2, -0.15) is 4.72 Å². The molecule has 2 aromatic carbocycles. The van der Waals surface area contributed by atoms with E-state index in [9.17, 15) is 13.2 Å². The average Bonchev–Trinajstić information content (AvgIpc) is 2.68. The molecule has 0 aromatic heterocycles. The number of nitrogens with one attached hydrogen (secondary N) is 2. The number of hydrogen-bond donors (Lipinski definition) is 2. The molecule has 0 saturated carbocycles. The molecular formula is C21H27ClN2O4S. The highest BCUT2D eigenvalue weighted by Gasteiger charge is 2.27. The predicted molar refractivity (Wildman–Crippen MR) is 115 cm³/mol. The summed E-state index contributed by atoms with van der Waals surface area (Å²) in [5.74, 6) is 0.00979. The molecule has 0 fully saturated rings. The van der Waals surface area contributed by atoms with Crippen LogP contribution in [0.3, 0.4) is 0 Å². The Balaban J connectivity index is 2.27. The fourth-order valence-electron chi connectivity index (χ4n) is 2.96. The molecule has 0 radical (unpaired) electrons. The van der Waals surface area contributed by atoms with Gasteiger partial charge >= 0.3 is 0 Å². The smallest absolute Gasteiger partial charge is 0.241 e. The van der Waals surface area contributed by atoms with Crippen molar-refractivity contribution in [3.05, 3.63) is 59.1 Å². The lowest BCUT2D eigenvalue weighted by molar-refractivity contribution is -0.123. The maximum Gasteiger partial charge on any atom is 0.241 e. The molecule has 8 heteroatoms. The minimum absolute atomic E-state index is 0.0317. The quantitative estimate of drug-likeness (QED) is 0.594. The van der Waals surface area contributed by atoms with Crippen LogP contribution in [0, 0.1) is 0 Å². The zero-order chi connectivity index (χ0) is 21.4. The fraction of sp³-hybridized carbons (Fsp3) is 0.381. The van der Waals surface area contributed by atoms with Gasteiger partial charge in [-0.3, -0.25) is 4.79 Å². The summed E-state index contributed by atoms with van der Waals surface area (Å²) in [5.41, 5.74) is 0.853. The molecule has 1 amide bonds. The Kier molecular flexibility index (Phi) is 8.49. The van der Waals surface area contributed by atoms with Crippen molar-refractivity contribution in [1.29, 1.82) is 0 Å². The number of ether oxygens (including phenoxy) is 1. The lowest BCUT2D eigenvalue weighted by Gasteiger charge is -2.21. The molecule has 0 aliphatic heterocycles. The van der Waals surface area contributed by atoms with Crippen molar-refractivity contribution in [1.82, 2.24) is 10.0 Å². The highest BCUT2D eigenvalue weighted by Crippen LogP contribution is 2.27. The van der Waals surface area contributed by atoms with E-state index in [1.165, 1.54) is 25.3 Å². The van der Waals surface area contributed by atoms with Crippen LogP contribution in [0.25, 0.3) is 0 Å². The molecule has 2 atom stereocenters. The third-order valence-electron chi connectivity index (χ3n) is 4.44. The zero-order valence-electron chi connectivity index (χ0n) is 16.8. The Hall–Kier alpha value is -2.09. The van der Waals surface area contributed by atoms with Crippen molar-refractivity contribution >= 4 is 27.5 Å². The van der Waals surface area contributed by atoms with Crippen LogP contribution in [0.2, 0.25) is 5.02 Å². The molecule has 2 aromatic rings. The summed E-state index contributed by atoms with van der Waals surface area (Å²) in [5, 5.41) is 3.07. The van der Waals surface area contributed by atoms with Crippen molar-refractivity contribution < 1.29 is 17.9 Å². The van der Waals surface area contributed by atoms with Crippen LogP contribution in [0.4, 0.5) is 0 Å². The zero-order valence-corrected chi connectivity index (χ0v) is 18.4. The normalized spacial score (nSPS) is 13.5. The van der Waals surface area contributed by atoms with Crippen LogP contribution < -0.4 is 14.8 Å². The van der Waals surface area contributed by atoms with Crippen molar-refractivity contribution in [2.45, 2.75) is 50.1 Å². The second kappa shape index (κ2) is 10.6. The highest BCUT2D eigenvalue weighted by molar-refractivity contribution is 7.89. The van der Waals surface area contributed by atoms with E-state index >= 15 is 0 Å². The van der Waals surface area contributed by atoms with Crippen LogP contribution >= 0.6 is 11.6 Å². The van der Waals surface area contributed by atoms with Crippen molar-refractivity contribution in [2.24, 2.45) is 0 Å². The molecule has 0 aliphatic carbocycles. The Morgan fingerprint density at radius 2 is 1.86 bits per heavy atom. The lowest BCUT2D eigenvalue weighted by Crippen LogP contribution is -2.50. The number of carbonyl (C=O) groups is 1. The topological polar surface area (TPSA) is 84.5 Å². The van der Waals surface area contributed by atoms with E-state index in [1.807, 2.05) is 44.2 Å². The van der Waals surface area contributed by atoms with Gasteiger partial charge in [0.25, 0.3) is 0 Å². The number of amides is 1. The van der Waals surface area contributed by atoms with Gasteiger partial charge in [0.2, 0.25) is 15.9 Å². The summed E-state index contributed by atoms with van der Waals surface area (Å²) >= 11 is 6.07. The largest absolute Gasteiger partial charge is 0.495 e. The van der Waals surface area contributed by atoms with E-state index in [0.717, 1.165) is 18.4 Å². The third kappa shape index (κ3) is 6.73. The summed E-state index contributed by atoms with van der Waals surface area (Å²) in [4.78, 5) is 12.8. The van der Waals surface area contributed by atoms with E-state index in [4.69, 9.17) is 16.3 Å². The molecule has 0 unspecified atom stereocenters. The van der Waals surface area contributed by atoms with E-state index < -0.39 is 16.1 Å². The average molecular weight is 439 g/mol. The Labute approximate surface area is 177 Å². The molecule has 158 valence electrons. The van der Waals surface area contributed by atoms with E-state index in [2.05, 4.69) is 10.0 Å². The molecule has 0 bridgehead atoms. The standard InChI is InChI=1S/C21H27ClN2O4S/c1-4-8-15(2)23-21(25)19(13-16-9-6-5-7-10-16)24-29(26,27)17-11-12-20(28-3)18(22)14-17/h5-7,9-12,14-15,19,24H,4,8,13H2,1-3H3,(H,23,25)/t15-,19-/m1/s1. The summed E-state index contributed by atoms with van der Waals surface area (Å²) < 4.78 is 33.4. The number of halogens is 1. The van der Waals surface area contributed by atoms with Crippen LogP contribution in [0.1, 0.15) is 32.3 Å². The van der Waals surface area contributed by atoms with Crippen molar-refractivity contribution in [3.8, 4) is 5.75 Å². The van der Waals surface area contributed by atoms with Crippen LogP contribution in [-0.2, 0) is 21.2 Å². The number of carbonyl (C=O) groups excluding carboxylic acids is 1. The van der Waals surface area contributed by atoms with Crippen LogP contribution in [-0.4, -0.2) is 33.5 Å². The van der Waals surface area contributed by atoms with Gasteiger partial charge in [0.05, 0.1) is 17.0 Å². The summed E-state index contributed by atoms with van der Waals surface area (Å²) in [6.45, 7) is 3.93. The minimum Gasteiger partial charge on any atom is -0.495 e. The molecule has 0 spiro atoms. The first kappa shape index (κ1) is 23.2. The van der Waals surface area contributed by atoms with Gasteiger partial charge in [0.15, 0.2) is 0 Å². The van der Waals surface area contributed by atoms with Gasteiger partial charge in [-0.25, -0.2) is 8.42 Å². The lowest BCUT2D eigenvalue weighted by atomic mass is 10.1. The van der Waals surface area contributed by atoms with E-state index in [-0.39, 0.29) is 28.3 Å². The number of benzene rings is 2. The van der Waals surface area contributed by atoms with Crippen molar-refractivity contribution in [2.75, 3.05) is 7.11 Å². The summed E-state index contributed by atoms with van der Waals surface area (Å²) in [7, 11) is -2.52. The highest BCUT2D eigenvalue weighted by atomic mass is 35.5. The monoisotopic (exact) mass is 438 g/mol. The molecule has 2 rings (SSSR count). The molecule has 6 nitrogen and oxygen atoms in total. The molecule has 29 heavy (non-hydrogen) atoms. The number of methoxy groups -OCH3 is 1. The molecule has 0 heterocycles. The molecule has 2 N–H and O–H groups in total.